The van der Waals surface area contributed by atoms with E-state index in [9.17, 15) is 4.79 Å². The molecule has 4 heteroatoms. The molecule has 1 heterocycles. The van der Waals surface area contributed by atoms with E-state index in [1.807, 2.05) is 4.90 Å². The van der Waals surface area contributed by atoms with Gasteiger partial charge in [0.25, 0.3) is 0 Å². The molecule has 1 fully saturated rings. The van der Waals surface area contributed by atoms with Gasteiger partial charge < -0.3 is 15.1 Å². The highest BCUT2D eigenvalue weighted by Crippen LogP contribution is 2.22. The first-order valence-electron chi connectivity index (χ1n) is 8.14. The van der Waals surface area contributed by atoms with Gasteiger partial charge in [0.15, 0.2) is 0 Å². The van der Waals surface area contributed by atoms with Gasteiger partial charge in [0.05, 0.1) is 0 Å². The van der Waals surface area contributed by atoms with Crippen molar-refractivity contribution in [2.24, 2.45) is 0 Å². The predicted octanol–water partition coefficient (Wildman–Crippen LogP) is 2.80. The molecule has 0 aromatic heterocycles. The number of rotatable bonds is 3. The molecule has 0 saturated carbocycles. The van der Waals surface area contributed by atoms with E-state index in [4.69, 9.17) is 0 Å². The van der Waals surface area contributed by atoms with E-state index in [-0.39, 0.29) is 11.4 Å². The molecule has 0 unspecified atom stereocenters. The Balaban J connectivity index is 1.96. The van der Waals surface area contributed by atoms with Crippen molar-refractivity contribution in [3.8, 4) is 0 Å². The van der Waals surface area contributed by atoms with Crippen LogP contribution in [-0.4, -0.2) is 42.5 Å². The average molecular weight is 303 g/mol. The van der Waals surface area contributed by atoms with E-state index in [2.05, 4.69) is 62.2 Å². The fourth-order valence-corrected chi connectivity index (χ4v) is 2.99. The molecule has 0 spiro atoms. The maximum Gasteiger partial charge on any atom is 0.219 e. The summed E-state index contributed by atoms with van der Waals surface area (Å²) in [5, 5.41) is 3.59. The molecule has 1 aromatic rings. The third-order valence-electron chi connectivity index (χ3n) is 4.13. The van der Waals surface area contributed by atoms with Crippen LogP contribution in [0.2, 0.25) is 0 Å². The zero-order chi connectivity index (χ0) is 16.3. The Hall–Kier alpha value is -1.55. The van der Waals surface area contributed by atoms with Crippen LogP contribution in [0.1, 0.15) is 46.2 Å². The van der Waals surface area contributed by atoms with E-state index < -0.39 is 0 Å². The molecule has 122 valence electrons. The minimum Gasteiger partial charge on any atom is -0.368 e. The molecule has 0 radical (unpaired) electrons. The fourth-order valence-electron chi connectivity index (χ4n) is 2.99. The third kappa shape index (κ3) is 4.47. The van der Waals surface area contributed by atoms with Gasteiger partial charge >= 0.3 is 0 Å². The number of hydrogen-bond acceptors (Lipinski definition) is 3. The Morgan fingerprint density at radius 1 is 1.09 bits per heavy atom. The van der Waals surface area contributed by atoms with Gasteiger partial charge in [0, 0.05) is 50.4 Å². The van der Waals surface area contributed by atoms with Crippen LogP contribution in [0.3, 0.4) is 0 Å². The zero-order valence-corrected chi connectivity index (χ0v) is 14.5. The van der Waals surface area contributed by atoms with Gasteiger partial charge in [-0.25, -0.2) is 0 Å². The molecular weight excluding hydrogens is 274 g/mol. The van der Waals surface area contributed by atoms with Gasteiger partial charge in [-0.2, -0.15) is 0 Å². The molecule has 1 N–H and O–H groups in total. The highest BCUT2D eigenvalue weighted by atomic mass is 16.2. The summed E-state index contributed by atoms with van der Waals surface area (Å²) in [5.74, 6) is 0.178. The van der Waals surface area contributed by atoms with Crippen LogP contribution in [-0.2, 0) is 4.79 Å². The summed E-state index contributed by atoms with van der Waals surface area (Å²) in [6, 6.07) is 9.13. The van der Waals surface area contributed by atoms with Crippen LogP contribution in [0.15, 0.2) is 24.3 Å². The van der Waals surface area contributed by atoms with Crippen molar-refractivity contribution < 1.29 is 4.79 Å². The maximum absolute atomic E-state index is 11.4. The van der Waals surface area contributed by atoms with Gasteiger partial charge in [-0.3, -0.25) is 4.79 Å². The molecule has 1 aliphatic heterocycles. The maximum atomic E-state index is 11.4. The second-order valence-electron chi connectivity index (χ2n) is 7.20. The lowest BCUT2D eigenvalue weighted by Gasteiger charge is -2.35. The Labute approximate surface area is 134 Å². The third-order valence-corrected chi connectivity index (χ3v) is 4.13. The van der Waals surface area contributed by atoms with E-state index in [1.165, 1.54) is 11.3 Å². The standard InChI is InChI=1S/C18H29N3O/c1-14(19-18(3,4)5)16-6-8-17(9-7-16)21-12-10-20(11-13-21)15(2)22/h6-9,14,19H,10-13H2,1-5H3/t14-/m1/s1. The van der Waals surface area contributed by atoms with Gasteiger partial charge in [-0.1, -0.05) is 12.1 Å². The van der Waals surface area contributed by atoms with Gasteiger partial charge in [0.2, 0.25) is 5.91 Å². The molecule has 2 rings (SSSR count). The first kappa shape index (κ1) is 16.8. The highest BCUT2D eigenvalue weighted by Gasteiger charge is 2.19. The first-order valence-corrected chi connectivity index (χ1v) is 8.14. The van der Waals surface area contributed by atoms with Gasteiger partial charge in [-0.15, -0.1) is 0 Å². The molecule has 0 aliphatic carbocycles. The zero-order valence-electron chi connectivity index (χ0n) is 14.5. The SMILES string of the molecule is CC(=O)N1CCN(c2ccc([C@@H](C)NC(C)(C)C)cc2)CC1. The summed E-state index contributed by atoms with van der Waals surface area (Å²) in [7, 11) is 0. The van der Waals surface area contributed by atoms with Gasteiger partial charge in [-0.05, 0) is 45.4 Å². The summed E-state index contributed by atoms with van der Waals surface area (Å²) >= 11 is 0. The summed E-state index contributed by atoms with van der Waals surface area (Å²) in [6.45, 7) is 13.9. The number of hydrogen-bond donors (Lipinski definition) is 1. The molecule has 1 saturated heterocycles. The molecule has 4 nitrogen and oxygen atoms in total. The number of piperazine rings is 1. The molecule has 1 amide bonds. The van der Waals surface area contributed by atoms with Crippen molar-refractivity contribution in [2.45, 2.75) is 46.2 Å². The van der Waals surface area contributed by atoms with Crippen molar-refractivity contribution in [1.29, 1.82) is 0 Å². The van der Waals surface area contributed by atoms with Crippen molar-refractivity contribution in [3.63, 3.8) is 0 Å². The van der Waals surface area contributed by atoms with Crippen LogP contribution in [0.5, 0.6) is 0 Å². The topological polar surface area (TPSA) is 35.6 Å². The van der Waals surface area contributed by atoms with Crippen molar-refractivity contribution in [2.75, 3.05) is 31.1 Å². The number of amides is 1. The summed E-state index contributed by atoms with van der Waals surface area (Å²) in [5.41, 5.74) is 2.66. The Bertz CT molecular complexity index is 496. The smallest absolute Gasteiger partial charge is 0.219 e. The highest BCUT2D eigenvalue weighted by molar-refractivity contribution is 5.73. The number of nitrogens with zero attached hydrogens (tertiary/aromatic N) is 2. The lowest BCUT2D eigenvalue weighted by molar-refractivity contribution is -0.129. The second-order valence-corrected chi connectivity index (χ2v) is 7.20. The van der Waals surface area contributed by atoms with Crippen molar-refractivity contribution >= 4 is 11.6 Å². The van der Waals surface area contributed by atoms with E-state index in [0.717, 1.165) is 26.2 Å². The Kier molecular flexibility index (Phi) is 5.12. The molecule has 1 aromatic carbocycles. The largest absolute Gasteiger partial charge is 0.368 e. The lowest BCUT2D eigenvalue weighted by Crippen LogP contribution is -2.48. The van der Waals surface area contributed by atoms with E-state index in [1.54, 1.807) is 6.92 Å². The number of benzene rings is 1. The molecule has 1 aliphatic rings. The quantitative estimate of drug-likeness (QED) is 0.932. The van der Waals surface area contributed by atoms with Crippen molar-refractivity contribution in [1.82, 2.24) is 10.2 Å². The second kappa shape index (κ2) is 6.69. The Morgan fingerprint density at radius 3 is 2.09 bits per heavy atom. The van der Waals surface area contributed by atoms with Crippen LogP contribution < -0.4 is 10.2 Å². The monoisotopic (exact) mass is 303 g/mol. The fraction of sp³-hybridized carbons (Fsp3) is 0.611. The molecule has 0 bridgehead atoms. The number of nitrogens with one attached hydrogen (secondary N) is 1. The molecule has 22 heavy (non-hydrogen) atoms. The molecular formula is C18H29N3O. The molecule has 1 atom stereocenters. The average Bonchev–Trinajstić information content (AvgIpc) is 2.46. The number of carbonyl (C=O) groups excluding carboxylic acids is 1. The summed E-state index contributed by atoms with van der Waals surface area (Å²) in [6.07, 6.45) is 0. The van der Waals surface area contributed by atoms with Gasteiger partial charge in [0.1, 0.15) is 0 Å². The van der Waals surface area contributed by atoms with Crippen LogP contribution in [0, 0.1) is 0 Å². The summed E-state index contributed by atoms with van der Waals surface area (Å²) in [4.78, 5) is 15.6. The van der Waals surface area contributed by atoms with Crippen molar-refractivity contribution in [3.05, 3.63) is 29.8 Å². The number of carbonyl (C=O) groups is 1. The predicted molar refractivity (Wildman–Crippen MR) is 92.2 cm³/mol. The van der Waals surface area contributed by atoms with Crippen LogP contribution in [0.25, 0.3) is 0 Å². The van der Waals surface area contributed by atoms with E-state index in [0.29, 0.717) is 6.04 Å². The lowest BCUT2D eigenvalue weighted by atomic mass is 10.0. The van der Waals surface area contributed by atoms with Crippen LogP contribution in [0.4, 0.5) is 5.69 Å². The van der Waals surface area contributed by atoms with E-state index >= 15 is 0 Å². The number of anilines is 1. The van der Waals surface area contributed by atoms with Crippen LogP contribution >= 0.6 is 0 Å². The normalized spacial score (nSPS) is 17.5. The summed E-state index contributed by atoms with van der Waals surface area (Å²) < 4.78 is 0. The minimum absolute atomic E-state index is 0.112. The minimum atomic E-state index is 0.112. The first-order chi connectivity index (χ1) is 10.3. The Morgan fingerprint density at radius 2 is 1.64 bits per heavy atom.